The summed E-state index contributed by atoms with van der Waals surface area (Å²) in [7, 11) is 0. The number of para-hydroxylation sites is 1. The molecule has 1 aliphatic carbocycles. The highest BCUT2D eigenvalue weighted by atomic mass is 16.5. The first-order valence-corrected chi connectivity index (χ1v) is 8.87. The normalized spacial score (nSPS) is 22.0. The third-order valence-electron chi connectivity index (χ3n) is 5.22. The number of nitrogens with one attached hydrogen (secondary N) is 1. The second kappa shape index (κ2) is 6.31. The van der Waals surface area contributed by atoms with Gasteiger partial charge in [0.05, 0.1) is 12.6 Å². The first kappa shape index (κ1) is 15.3. The predicted molar refractivity (Wildman–Crippen MR) is 94.4 cm³/mol. The Labute approximate surface area is 143 Å². The monoisotopic (exact) mass is 321 g/mol. The Balaban J connectivity index is 1.58. The molecule has 3 nitrogen and oxygen atoms in total. The number of carbonyl (C=O) groups is 1. The van der Waals surface area contributed by atoms with Crippen molar-refractivity contribution in [3.8, 4) is 5.75 Å². The fourth-order valence-electron chi connectivity index (χ4n) is 3.81. The molecule has 0 radical (unpaired) electrons. The molecule has 0 bridgehead atoms. The molecule has 1 heterocycles. The zero-order chi connectivity index (χ0) is 16.5. The molecular weight excluding hydrogens is 298 g/mol. The van der Waals surface area contributed by atoms with Crippen molar-refractivity contribution in [1.29, 1.82) is 0 Å². The van der Waals surface area contributed by atoms with Gasteiger partial charge in [-0.25, -0.2) is 0 Å². The SMILES string of the molecule is CC1COc2ccccc2C1NC(=O)c1ccc2c(c1)CCCC2. The average Bonchev–Trinajstić information content (AvgIpc) is 2.63. The molecular formula is C21H23NO2. The summed E-state index contributed by atoms with van der Waals surface area (Å²) in [5, 5.41) is 3.23. The lowest BCUT2D eigenvalue weighted by Crippen LogP contribution is -2.37. The quantitative estimate of drug-likeness (QED) is 0.905. The van der Waals surface area contributed by atoms with Crippen LogP contribution in [0, 0.1) is 5.92 Å². The molecule has 124 valence electrons. The van der Waals surface area contributed by atoms with Gasteiger partial charge in [0.25, 0.3) is 5.91 Å². The Morgan fingerprint density at radius 2 is 1.88 bits per heavy atom. The van der Waals surface area contributed by atoms with Crippen LogP contribution in [-0.4, -0.2) is 12.5 Å². The van der Waals surface area contributed by atoms with E-state index in [1.54, 1.807) is 0 Å². The number of ether oxygens (including phenoxy) is 1. The Hall–Kier alpha value is -2.29. The standard InChI is InChI=1S/C21H23NO2/c1-14-13-24-19-9-5-4-8-18(19)20(14)22-21(23)17-11-10-15-6-2-3-7-16(15)12-17/h4-5,8-12,14,20H,2-3,6-7,13H2,1H3,(H,22,23). The Kier molecular flexibility index (Phi) is 4.01. The summed E-state index contributed by atoms with van der Waals surface area (Å²) in [6.07, 6.45) is 4.71. The maximum Gasteiger partial charge on any atom is 0.251 e. The van der Waals surface area contributed by atoms with Crippen LogP contribution in [0.25, 0.3) is 0 Å². The van der Waals surface area contributed by atoms with Crippen molar-refractivity contribution in [3.05, 3.63) is 64.7 Å². The van der Waals surface area contributed by atoms with Gasteiger partial charge in [-0.15, -0.1) is 0 Å². The van der Waals surface area contributed by atoms with E-state index in [4.69, 9.17) is 4.74 Å². The topological polar surface area (TPSA) is 38.3 Å². The van der Waals surface area contributed by atoms with Gasteiger partial charge in [-0.05, 0) is 55.0 Å². The molecule has 0 saturated heterocycles. The third-order valence-corrected chi connectivity index (χ3v) is 5.22. The lowest BCUT2D eigenvalue weighted by molar-refractivity contribution is 0.0898. The van der Waals surface area contributed by atoms with Gasteiger partial charge in [0.1, 0.15) is 5.75 Å². The Morgan fingerprint density at radius 3 is 2.75 bits per heavy atom. The molecule has 2 atom stereocenters. The van der Waals surface area contributed by atoms with E-state index in [0.717, 1.165) is 29.7 Å². The number of fused-ring (bicyclic) bond motifs is 2. The molecule has 0 spiro atoms. The fourth-order valence-corrected chi connectivity index (χ4v) is 3.81. The molecule has 4 rings (SSSR count). The summed E-state index contributed by atoms with van der Waals surface area (Å²) in [6.45, 7) is 2.75. The van der Waals surface area contributed by atoms with Gasteiger partial charge in [0, 0.05) is 17.0 Å². The maximum atomic E-state index is 12.8. The molecule has 1 N–H and O–H groups in total. The summed E-state index contributed by atoms with van der Waals surface area (Å²) in [5.41, 5.74) is 4.59. The van der Waals surface area contributed by atoms with E-state index in [2.05, 4.69) is 24.4 Å². The summed E-state index contributed by atoms with van der Waals surface area (Å²) in [6, 6.07) is 14.2. The lowest BCUT2D eigenvalue weighted by Gasteiger charge is -2.32. The fraction of sp³-hybridized carbons (Fsp3) is 0.381. The van der Waals surface area contributed by atoms with E-state index in [-0.39, 0.29) is 17.9 Å². The van der Waals surface area contributed by atoms with Gasteiger partial charge in [-0.2, -0.15) is 0 Å². The van der Waals surface area contributed by atoms with Crippen molar-refractivity contribution in [3.63, 3.8) is 0 Å². The Morgan fingerprint density at radius 1 is 1.08 bits per heavy atom. The van der Waals surface area contributed by atoms with Crippen LogP contribution in [0.4, 0.5) is 0 Å². The average molecular weight is 321 g/mol. The Bertz CT molecular complexity index is 768. The molecule has 2 aliphatic rings. The van der Waals surface area contributed by atoms with E-state index in [0.29, 0.717) is 6.61 Å². The van der Waals surface area contributed by atoms with Gasteiger partial charge in [-0.3, -0.25) is 4.79 Å². The first-order valence-electron chi connectivity index (χ1n) is 8.87. The van der Waals surface area contributed by atoms with E-state index >= 15 is 0 Å². The van der Waals surface area contributed by atoms with Crippen LogP contribution >= 0.6 is 0 Å². The van der Waals surface area contributed by atoms with Crippen LogP contribution in [0.3, 0.4) is 0 Å². The third kappa shape index (κ3) is 2.79. The molecule has 0 fully saturated rings. The number of hydrogen-bond donors (Lipinski definition) is 1. The zero-order valence-corrected chi connectivity index (χ0v) is 14.0. The summed E-state index contributed by atoms with van der Waals surface area (Å²) in [4.78, 5) is 12.8. The van der Waals surface area contributed by atoms with Crippen LogP contribution in [0.1, 0.15) is 52.9 Å². The predicted octanol–water partition coefficient (Wildman–Crippen LogP) is 4.07. The molecule has 2 aromatic rings. The highest BCUT2D eigenvalue weighted by molar-refractivity contribution is 5.94. The van der Waals surface area contributed by atoms with E-state index in [1.807, 2.05) is 30.3 Å². The van der Waals surface area contributed by atoms with Gasteiger partial charge < -0.3 is 10.1 Å². The molecule has 2 unspecified atom stereocenters. The van der Waals surface area contributed by atoms with Crippen molar-refractivity contribution < 1.29 is 9.53 Å². The molecule has 0 saturated carbocycles. The van der Waals surface area contributed by atoms with Crippen molar-refractivity contribution in [2.45, 2.75) is 38.6 Å². The number of hydrogen-bond acceptors (Lipinski definition) is 2. The van der Waals surface area contributed by atoms with Crippen LogP contribution in [0.5, 0.6) is 5.75 Å². The highest BCUT2D eigenvalue weighted by Gasteiger charge is 2.29. The molecule has 1 amide bonds. The number of rotatable bonds is 2. The smallest absolute Gasteiger partial charge is 0.251 e. The zero-order valence-electron chi connectivity index (χ0n) is 14.0. The van der Waals surface area contributed by atoms with Crippen LogP contribution in [0.15, 0.2) is 42.5 Å². The molecule has 1 aliphatic heterocycles. The van der Waals surface area contributed by atoms with Crippen LogP contribution in [0.2, 0.25) is 0 Å². The van der Waals surface area contributed by atoms with E-state index in [9.17, 15) is 4.79 Å². The maximum absolute atomic E-state index is 12.8. The van der Waals surface area contributed by atoms with E-state index < -0.39 is 0 Å². The van der Waals surface area contributed by atoms with Gasteiger partial charge in [-0.1, -0.05) is 31.2 Å². The molecule has 3 heteroatoms. The van der Waals surface area contributed by atoms with Crippen molar-refractivity contribution in [2.75, 3.05) is 6.61 Å². The van der Waals surface area contributed by atoms with Crippen LogP contribution < -0.4 is 10.1 Å². The lowest BCUT2D eigenvalue weighted by atomic mass is 9.89. The van der Waals surface area contributed by atoms with Crippen molar-refractivity contribution in [2.24, 2.45) is 5.92 Å². The largest absolute Gasteiger partial charge is 0.493 e. The van der Waals surface area contributed by atoms with Gasteiger partial charge in [0.15, 0.2) is 0 Å². The summed E-state index contributed by atoms with van der Waals surface area (Å²) in [5.74, 6) is 1.14. The van der Waals surface area contributed by atoms with Crippen LogP contribution in [-0.2, 0) is 12.8 Å². The minimum atomic E-state index is -0.00141. The number of carbonyl (C=O) groups excluding carboxylic acids is 1. The summed E-state index contributed by atoms with van der Waals surface area (Å²) < 4.78 is 5.78. The minimum Gasteiger partial charge on any atom is -0.493 e. The molecule has 24 heavy (non-hydrogen) atoms. The number of benzene rings is 2. The van der Waals surface area contributed by atoms with Crippen molar-refractivity contribution in [1.82, 2.24) is 5.32 Å². The second-order valence-corrected chi connectivity index (χ2v) is 6.97. The number of amides is 1. The van der Waals surface area contributed by atoms with Gasteiger partial charge in [0.2, 0.25) is 0 Å². The highest BCUT2D eigenvalue weighted by Crippen LogP contribution is 2.35. The number of aryl methyl sites for hydroxylation is 2. The van der Waals surface area contributed by atoms with E-state index in [1.165, 1.54) is 24.0 Å². The molecule has 2 aromatic carbocycles. The minimum absolute atomic E-state index is 0.00141. The summed E-state index contributed by atoms with van der Waals surface area (Å²) >= 11 is 0. The van der Waals surface area contributed by atoms with Gasteiger partial charge >= 0.3 is 0 Å². The van der Waals surface area contributed by atoms with Crippen molar-refractivity contribution >= 4 is 5.91 Å². The second-order valence-electron chi connectivity index (χ2n) is 6.97. The molecule has 0 aromatic heterocycles. The first-order chi connectivity index (χ1) is 11.7.